The first-order chi connectivity index (χ1) is 10.2. The standard InChI is InChI=1S/C13H17ClN6O/c1-9(10-3-7-21-8-4-10)16-12-17-11(14)18-13(19-12)20-6-2-5-15-20/h2,5-6,9-10H,3-4,7-8H2,1H3,(H,16,17,18,19). The van der Waals surface area contributed by atoms with Gasteiger partial charge in [0.1, 0.15) is 0 Å². The van der Waals surface area contributed by atoms with Crippen LogP contribution in [0, 0.1) is 5.92 Å². The number of halogens is 1. The van der Waals surface area contributed by atoms with Crippen LogP contribution < -0.4 is 5.32 Å². The van der Waals surface area contributed by atoms with E-state index in [-0.39, 0.29) is 11.3 Å². The van der Waals surface area contributed by atoms with E-state index < -0.39 is 0 Å². The zero-order valence-electron chi connectivity index (χ0n) is 11.7. The van der Waals surface area contributed by atoms with Crippen molar-refractivity contribution in [3.8, 4) is 5.95 Å². The second-order valence-corrected chi connectivity index (χ2v) is 5.40. The lowest BCUT2D eigenvalue weighted by Crippen LogP contribution is -2.31. The first kappa shape index (κ1) is 14.2. The maximum absolute atomic E-state index is 5.97. The Labute approximate surface area is 127 Å². The van der Waals surface area contributed by atoms with Gasteiger partial charge in [0.15, 0.2) is 0 Å². The smallest absolute Gasteiger partial charge is 0.256 e. The summed E-state index contributed by atoms with van der Waals surface area (Å²) in [6, 6.07) is 2.05. The second-order valence-electron chi connectivity index (χ2n) is 5.06. The van der Waals surface area contributed by atoms with E-state index >= 15 is 0 Å². The molecule has 7 nitrogen and oxygen atoms in total. The van der Waals surface area contributed by atoms with E-state index in [1.54, 1.807) is 23.1 Å². The molecule has 0 spiro atoms. The predicted molar refractivity (Wildman–Crippen MR) is 78.6 cm³/mol. The summed E-state index contributed by atoms with van der Waals surface area (Å²) >= 11 is 5.97. The number of rotatable bonds is 4. The Morgan fingerprint density at radius 1 is 1.33 bits per heavy atom. The molecule has 0 amide bonds. The number of hydrogen-bond acceptors (Lipinski definition) is 6. The molecule has 1 N–H and O–H groups in total. The van der Waals surface area contributed by atoms with Crippen LogP contribution in [0.15, 0.2) is 18.5 Å². The maximum Gasteiger partial charge on any atom is 0.256 e. The molecule has 0 bridgehead atoms. The zero-order chi connectivity index (χ0) is 14.7. The Morgan fingerprint density at radius 3 is 2.86 bits per heavy atom. The van der Waals surface area contributed by atoms with Gasteiger partial charge in [-0.15, -0.1) is 0 Å². The summed E-state index contributed by atoms with van der Waals surface area (Å²) in [5, 5.41) is 7.56. The van der Waals surface area contributed by atoms with Crippen LogP contribution in [0.2, 0.25) is 5.28 Å². The lowest BCUT2D eigenvalue weighted by atomic mass is 9.93. The lowest BCUT2D eigenvalue weighted by molar-refractivity contribution is 0.0621. The van der Waals surface area contributed by atoms with Crippen molar-refractivity contribution in [1.82, 2.24) is 24.7 Å². The van der Waals surface area contributed by atoms with E-state index in [0.29, 0.717) is 17.8 Å². The van der Waals surface area contributed by atoms with Crippen molar-refractivity contribution in [1.29, 1.82) is 0 Å². The van der Waals surface area contributed by atoms with Crippen LogP contribution in [-0.2, 0) is 4.74 Å². The van der Waals surface area contributed by atoms with Gasteiger partial charge in [-0.3, -0.25) is 0 Å². The Bertz CT molecular complexity index is 584. The van der Waals surface area contributed by atoms with Crippen molar-refractivity contribution in [3.05, 3.63) is 23.7 Å². The quantitative estimate of drug-likeness (QED) is 0.930. The number of anilines is 1. The van der Waals surface area contributed by atoms with Crippen LogP contribution in [0.25, 0.3) is 5.95 Å². The third-order valence-electron chi connectivity index (χ3n) is 3.64. The molecule has 1 unspecified atom stereocenters. The summed E-state index contributed by atoms with van der Waals surface area (Å²) in [5.74, 6) is 1.42. The van der Waals surface area contributed by atoms with Gasteiger partial charge in [0.05, 0.1) is 0 Å². The largest absolute Gasteiger partial charge is 0.381 e. The van der Waals surface area contributed by atoms with Crippen LogP contribution >= 0.6 is 11.6 Å². The highest BCUT2D eigenvalue weighted by Crippen LogP contribution is 2.21. The van der Waals surface area contributed by atoms with Gasteiger partial charge >= 0.3 is 0 Å². The van der Waals surface area contributed by atoms with Crippen molar-refractivity contribution in [2.75, 3.05) is 18.5 Å². The van der Waals surface area contributed by atoms with Gasteiger partial charge in [0, 0.05) is 31.6 Å². The number of ether oxygens (including phenoxy) is 1. The Kier molecular flexibility index (Phi) is 4.31. The molecule has 1 fully saturated rings. The van der Waals surface area contributed by atoms with Gasteiger partial charge in [-0.1, -0.05) is 0 Å². The van der Waals surface area contributed by atoms with Crippen molar-refractivity contribution < 1.29 is 4.74 Å². The molecule has 1 saturated heterocycles. The molecule has 1 atom stereocenters. The fraction of sp³-hybridized carbons (Fsp3) is 0.538. The minimum atomic E-state index is 0.150. The Balaban J connectivity index is 1.75. The summed E-state index contributed by atoms with van der Waals surface area (Å²) in [6.45, 7) is 3.75. The minimum Gasteiger partial charge on any atom is -0.381 e. The molecule has 1 aliphatic rings. The molecule has 3 heterocycles. The summed E-state index contributed by atoms with van der Waals surface area (Å²) < 4.78 is 6.94. The average Bonchev–Trinajstić information content (AvgIpc) is 3.02. The first-order valence-corrected chi connectivity index (χ1v) is 7.36. The SMILES string of the molecule is CC(Nc1nc(Cl)nc(-n2cccn2)n1)C1CCOCC1. The second kappa shape index (κ2) is 6.36. The molecule has 1 aliphatic heterocycles. The molecule has 0 aliphatic carbocycles. The number of aromatic nitrogens is 5. The number of hydrogen-bond donors (Lipinski definition) is 1. The summed E-state index contributed by atoms with van der Waals surface area (Å²) in [7, 11) is 0. The average molecular weight is 309 g/mol. The van der Waals surface area contributed by atoms with Crippen molar-refractivity contribution >= 4 is 17.5 Å². The van der Waals surface area contributed by atoms with Gasteiger partial charge in [-0.25, -0.2) is 4.68 Å². The molecular formula is C13H17ClN6O. The van der Waals surface area contributed by atoms with Crippen LogP contribution in [0.1, 0.15) is 19.8 Å². The first-order valence-electron chi connectivity index (χ1n) is 6.98. The van der Waals surface area contributed by atoms with Crippen LogP contribution in [-0.4, -0.2) is 44.0 Å². The van der Waals surface area contributed by atoms with Gasteiger partial charge in [-0.05, 0) is 43.4 Å². The van der Waals surface area contributed by atoms with E-state index in [1.807, 2.05) is 0 Å². The molecule has 0 radical (unpaired) electrons. The van der Waals surface area contributed by atoms with E-state index in [1.165, 1.54) is 0 Å². The van der Waals surface area contributed by atoms with Gasteiger partial charge in [0.25, 0.3) is 5.95 Å². The summed E-state index contributed by atoms with van der Waals surface area (Å²) in [5.41, 5.74) is 0. The van der Waals surface area contributed by atoms with E-state index in [9.17, 15) is 0 Å². The molecule has 2 aromatic rings. The molecule has 112 valence electrons. The number of nitrogens with zero attached hydrogens (tertiary/aromatic N) is 5. The van der Waals surface area contributed by atoms with E-state index in [0.717, 1.165) is 26.1 Å². The summed E-state index contributed by atoms with van der Waals surface area (Å²) in [6.07, 6.45) is 5.50. The van der Waals surface area contributed by atoms with E-state index in [4.69, 9.17) is 16.3 Å². The van der Waals surface area contributed by atoms with Crippen LogP contribution in [0.3, 0.4) is 0 Å². The molecule has 0 saturated carbocycles. The molecule has 21 heavy (non-hydrogen) atoms. The van der Waals surface area contributed by atoms with Crippen LogP contribution in [0.5, 0.6) is 0 Å². The maximum atomic E-state index is 5.97. The fourth-order valence-electron chi connectivity index (χ4n) is 2.43. The molecule has 3 rings (SSSR count). The van der Waals surface area contributed by atoms with Gasteiger partial charge < -0.3 is 10.1 Å². The molecule has 0 aromatic carbocycles. The lowest BCUT2D eigenvalue weighted by Gasteiger charge is -2.28. The predicted octanol–water partition coefficient (Wildman–Crippen LogP) is 1.94. The van der Waals surface area contributed by atoms with Crippen molar-refractivity contribution in [3.63, 3.8) is 0 Å². The number of nitrogens with one attached hydrogen (secondary N) is 1. The molecule has 2 aromatic heterocycles. The van der Waals surface area contributed by atoms with Crippen molar-refractivity contribution in [2.24, 2.45) is 5.92 Å². The van der Waals surface area contributed by atoms with Crippen LogP contribution in [0.4, 0.5) is 5.95 Å². The van der Waals surface area contributed by atoms with Gasteiger partial charge in [0.2, 0.25) is 11.2 Å². The normalized spacial score (nSPS) is 17.6. The van der Waals surface area contributed by atoms with Gasteiger partial charge in [-0.2, -0.15) is 20.1 Å². The highest BCUT2D eigenvalue weighted by molar-refractivity contribution is 6.28. The third-order valence-corrected chi connectivity index (χ3v) is 3.80. The fourth-order valence-corrected chi connectivity index (χ4v) is 2.59. The highest BCUT2D eigenvalue weighted by atomic mass is 35.5. The topological polar surface area (TPSA) is 77.8 Å². The monoisotopic (exact) mass is 308 g/mol. The minimum absolute atomic E-state index is 0.150. The molecule has 8 heteroatoms. The highest BCUT2D eigenvalue weighted by Gasteiger charge is 2.21. The zero-order valence-corrected chi connectivity index (χ0v) is 12.5. The Morgan fingerprint density at radius 2 is 2.14 bits per heavy atom. The third kappa shape index (κ3) is 3.48. The van der Waals surface area contributed by atoms with Crippen molar-refractivity contribution in [2.45, 2.75) is 25.8 Å². The summed E-state index contributed by atoms with van der Waals surface area (Å²) in [4.78, 5) is 12.6. The Hall–Kier alpha value is -1.73. The molecular weight excluding hydrogens is 292 g/mol. The van der Waals surface area contributed by atoms with E-state index in [2.05, 4.69) is 32.3 Å².